The van der Waals surface area contributed by atoms with E-state index >= 15 is 0 Å². The van der Waals surface area contributed by atoms with Crippen LogP contribution in [0, 0.1) is 10.1 Å². The quantitative estimate of drug-likeness (QED) is 0.260. The van der Waals surface area contributed by atoms with E-state index in [0.29, 0.717) is 16.3 Å². The number of aromatic nitrogens is 2. The van der Waals surface area contributed by atoms with E-state index in [1.807, 2.05) is 42.5 Å². The van der Waals surface area contributed by atoms with Crippen molar-refractivity contribution in [3.63, 3.8) is 0 Å². The molecule has 1 amide bonds. The molecule has 0 saturated heterocycles. The number of nitrogens with one attached hydrogen (secondary N) is 1. The number of halogens is 1. The van der Waals surface area contributed by atoms with E-state index in [9.17, 15) is 14.9 Å². The molecule has 9 heteroatoms. The summed E-state index contributed by atoms with van der Waals surface area (Å²) in [5.41, 5.74) is 5.37. The van der Waals surface area contributed by atoms with Crippen LogP contribution in [0.2, 0.25) is 5.02 Å². The van der Waals surface area contributed by atoms with Gasteiger partial charge in [0, 0.05) is 40.0 Å². The molecule has 0 unspecified atom stereocenters. The lowest BCUT2D eigenvalue weighted by Gasteiger charge is -2.01. The summed E-state index contributed by atoms with van der Waals surface area (Å²) in [7, 11) is 0. The Kier molecular flexibility index (Phi) is 6.05. The number of hydrazone groups is 1. The van der Waals surface area contributed by atoms with Gasteiger partial charge < -0.3 is 0 Å². The molecule has 4 aromatic rings. The molecule has 4 rings (SSSR count). The highest BCUT2D eigenvalue weighted by atomic mass is 35.5. The number of amides is 1. The summed E-state index contributed by atoms with van der Waals surface area (Å²) in [5.74, 6) is -0.562. The largest absolute Gasteiger partial charge is 0.271 e. The lowest BCUT2D eigenvalue weighted by molar-refractivity contribution is -0.384. The maximum Gasteiger partial charge on any atom is 0.271 e. The van der Waals surface area contributed by atoms with Crippen molar-refractivity contribution in [2.24, 2.45) is 5.10 Å². The number of para-hydroxylation sites is 1. The smallest absolute Gasteiger partial charge is 0.267 e. The monoisotopic (exact) mass is 445 g/mol. The van der Waals surface area contributed by atoms with E-state index < -0.39 is 10.8 Å². The molecule has 0 spiro atoms. The highest BCUT2D eigenvalue weighted by Gasteiger charge is 2.13. The lowest BCUT2D eigenvalue weighted by atomic mass is 10.1. The van der Waals surface area contributed by atoms with Gasteiger partial charge in [-0.25, -0.2) is 10.1 Å². The molecule has 0 atom stereocenters. The first kappa shape index (κ1) is 21.0. The van der Waals surface area contributed by atoms with Crippen LogP contribution in [0.25, 0.3) is 16.9 Å². The van der Waals surface area contributed by atoms with E-state index in [1.165, 1.54) is 30.5 Å². The average molecular weight is 446 g/mol. The Morgan fingerprint density at radius 2 is 1.81 bits per heavy atom. The minimum atomic E-state index is -0.562. The molecule has 0 aliphatic rings. The highest BCUT2D eigenvalue weighted by Crippen LogP contribution is 2.24. The zero-order valence-corrected chi connectivity index (χ0v) is 17.3. The molecule has 32 heavy (non-hydrogen) atoms. The average Bonchev–Trinajstić information content (AvgIpc) is 3.24. The summed E-state index contributed by atoms with van der Waals surface area (Å²) in [6, 6.07) is 22.2. The minimum absolute atomic E-state index is 0.134. The van der Waals surface area contributed by atoms with Crippen LogP contribution in [0.5, 0.6) is 0 Å². The Balaban J connectivity index is 1.62. The highest BCUT2D eigenvalue weighted by molar-refractivity contribution is 6.30. The molecule has 158 valence electrons. The van der Waals surface area contributed by atoms with Gasteiger partial charge >= 0.3 is 0 Å². The first-order chi connectivity index (χ1) is 15.5. The third kappa shape index (κ3) is 4.71. The van der Waals surface area contributed by atoms with Crippen LogP contribution in [0.3, 0.4) is 0 Å². The predicted molar refractivity (Wildman–Crippen MR) is 122 cm³/mol. The minimum Gasteiger partial charge on any atom is -0.267 e. The summed E-state index contributed by atoms with van der Waals surface area (Å²) < 4.78 is 1.72. The number of hydrogen-bond acceptors (Lipinski definition) is 5. The molecule has 0 aliphatic heterocycles. The number of benzene rings is 3. The van der Waals surface area contributed by atoms with Gasteiger partial charge in [0.15, 0.2) is 0 Å². The van der Waals surface area contributed by atoms with E-state index in [1.54, 1.807) is 23.0 Å². The molecular weight excluding hydrogens is 430 g/mol. The zero-order chi connectivity index (χ0) is 22.5. The van der Waals surface area contributed by atoms with Crippen LogP contribution in [0.4, 0.5) is 5.69 Å². The molecule has 1 N–H and O–H groups in total. The van der Waals surface area contributed by atoms with Crippen LogP contribution >= 0.6 is 11.6 Å². The number of non-ortho nitro benzene ring substituents is 1. The molecule has 1 aromatic heterocycles. The molecule has 0 saturated carbocycles. The predicted octanol–water partition coefficient (Wildman–Crippen LogP) is 4.86. The number of nitrogens with zero attached hydrogens (tertiary/aromatic N) is 4. The van der Waals surface area contributed by atoms with Crippen molar-refractivity contribution < 1.29 is 9.72 Å². The molecular formula is C23H16ClN5O3. The van der Waals surface area contributed by atoms with Gasteiger partial charge in [0.1, 0.15) is 5.69 Å². The van der Waals surface area contributed by atoms with Crippen molar-refractivity contribution in [1.29, 1.82) is 0 Å². The van der Waals surface area contributed by atoms with Crippen molar-refractivity contribution in [1.82, 2.24) is 15.2 Å². The van der Waals surface area contributed by atoms with Crippen molar-refractivity contribution in [2.45, 2.75) is 0 Å². The normalized spacial score (nSPS) is 10.9. The van der Waals surface area contributed by atoms with E-state index in [2.05, 4.69) is 15.6 Å². The van der Waals surface area contributed by atoms with Crippen molar-refractivity contribution >= 4 is 29.4 Å². The van der Waals surface area contributed by atoms with Gasteiger partial charge in [-0.2, -0.15) is 10.2 Å². The number of nitro groups is 1. The maximum absolute atomic E-state index is 12.3. The number of carbonyl (C=O) groups is 1. The second-order valence-corrected chi connectivity index (χ2v) is 7.16. The maximum atomic E-state index is 12.3. The lowest BCUT2D eigenvalue weighted by Crippen LogP contribution is -2.17. The third-order valence-electron chi connectivity index (χ3n) is 4.57. The summed E-state index contributed by atoms with van der Waals surface area (Å²) >= 11 is 6.01. The number of nitro benzene ring substituents is 1. The van der Waals surface area contributed by atoms with E-state index in [0.717, 1.165) is 11.3 Å². The molecule has 0 bridgehead atoms. The van der Waals surface area contributed by atoms with Gasteiger partial charge in [-0.3, -0.25) is 14.9 Å². The van der Waals surface area contributed by atoms with E-state index in [-0.39, 0.29) is 11.3 Å². The van der Waals surface area contributed by atoms with Crippen LogP contribution in [-0.2, 0) is 0 Å². The van der Waals surface area contributed by atoms with Crippen molar-refractivity contribution in [3.8, 4) is 16.9 Å². The third-order valence-corrected chi connectivity index (χ3v) is 4.82. The number of hydrogen-bond donors (Lipinski definition) is 1. The van der Waals surface area contributed by atoms with Gasteiger partial charge in [-0.1, -0.05) is 48.0 Å². The fraction of sp³-hybridized carbons (Fsp3) is 0. The van der Waals surface area contributed by atoms with Gasteiger partial charge in [0.05, 0.1) is 16.8 Å². The standard InChI is InChI=1S/C23H16ClN5O3/c24-19-11-9-16(10-12-19)22-18(15-28(27-22)20-6-2-1-3-7-20)14-25-26-23(30)17-5-4-8-21(13-17)29(31)32/h1-15H,(H,26,30). The van der Waals surface area contributed by atoms with Crippen molar-refractivity contribution in [3.05, 3.63) is 111 Å². The Hall–Kier alpha value is -4.30. The molecule has 8 nitrogen and oxygen atoms in total. The topological polar surface area (TPSA) is 102 Å². The van der Waals surface area contributed by atoms with Gasteiger partial charge in [0.25, 0.3) is 11.6 Å². The molecule has 1 heterocycles. The first-order valence-electron chi connectivity index (χ1n) is 9.50. The van der Waals surface area contributed by atoms with E-state index in [4.69, 9.17) is 11.6 Å². The molecule has 3 aromatic carbocycles. The first-order valence-corrected chi connectivity index (χ1v) is 9.88. The fourth-order valence-electron chi connectivity index (χ4n) is 3.01. The Bertz CT molecular complexity index is 1300. The number of rotatable bonds is 6. The van der Waals surface area contributed by atoms with Crippen LogP contribution in [0.15, 0.2) is 90.2 Å². The fourth-order valence-corrected chi connectivity index (χ4v) is 3.14. The van der Waals surface area contributed by atoms with Gasteiger partial charge in [-0.05, 0) is 30.3 Å². The Morgan fingerprint density at radius 1 is 1.06 bits per heavy atom. The van der Waals surface area contributed by atoms with Crippen LogP contribution in [0.1, 0.15) is 15.9 Å². The number of carbonyl (C=O) groups excluding carboxylic acids is 1. The van der Waals surface area contributed by atoms with Crippen molar-refractivity contribution in [2.75, 3.05) is 0 Å². The van der Waals surface area contributed by atoms with Crippen LogP contribution in [-0.4, -0.2) is 26.8 Å². The summed E-state index contributed by atoms with van der Waals surface area (Å²) in [6.07, 6.45) is 3.27. The SMILES string of the molecule is O=C(NN=Cc1cn(-c2ccccc2)nc1-c1ccc(Cl)cc1)c1cccc([N+](=O)[O-])c1. The summed E-state index contributed by atoms with van der Waals surface area (Å²) in [6.45, 7) is 0. The molecule has 0 radical (unpaired) electrons. The van der Waals surface area contributed by atoms with Gasteiger partial charge in [-0.15, -0.1) is 0 Å². The van der Waals surface area contributed by atoms with Gasteiger partial charge in [0.2, 0.25) is 0 Å². The zero-order valence-electron chi connectivity index (χ0n) is 16.6. The Morgan fingerprint density at radius 3 is 2.53 bits per heavy atom. The summed E-state index contributed by atoms with van der Waals surface area (Å²) in [5, 5.41) is 20.2. The van der Waals surface area contributed by atoms with Crippen LogP contribution < -0.4 is 5.43 Å². The second kappa shape index (κ2) is 9.23. The summed E-state index contributed by atoms with van der Waals surface area (Å²) in [4.78, 5) is 22.7. The molecule has 0 fully saturated rings. The Labute approximate surface area is 187 Å². The second-order valence-electron chi connectivity index (χ2n) is 6.73. The molecule has 0 aliphatic carbocycles.